The Balaban J connectivity index is 1.92. The van der Waals surface area contributed by atoms with Crippen LogP contribution in [0.2, 0.25) is 0 Å². The first kappa shape index (κ1) is 17.4. The lowest BCUT2D eigenvalue weighted by Gasteiger charge is -2.59. The van der Waals surface area contributed by atoms with Gasteiger partial charge in [-0.3, -0.25) is 0 Å². The fourth-order valence-electron chi connectivity index (χ4n) is 5.20. The summed E-state index contributed by atoms with van der Waals surface area (Å²) in [6.07, 6.45) is 8.69. The van der Waals surface area contributed by atoms with E-state index in [4.69, 9.17) is 4.74 Å². The van der Waals surface area contributed by atoms with Crippen molar-refractivity contribution in [1.82, 2.24) is 0 Å². The summed E-state index contributed by atoms with van der Waals surface area (Å²) >= 11 is 0. The van der Waals surface area contributed by atoms with Crippen LogP contribution in [0.4, 0.5) is 0 Å². The highest BCUT2D eigenvalue weighted by Gasteiger charge is 2.57. The van der Waals surface area contributed by atoms with Crippen LogP contribution in [-0.2, 0) is 9.53 Å². The van der Waals surface area contributed by atoms with Gasteiger partial charge < -0.3 is 14.9 Å². The Hall–Kier alpha value is -1.39. The minimum atomic E-state index is -0.481. The number of hydrogen-bond donors (Lipinski definition) is 2. The number of allylic oxidation sites excluding steroid dienone is 2. The Bertz CT molecular complexity index is 605. The molecule has 2 N–H and O–H groups in total. The highest BCUT2D eigenvalue weighted by atomic mass is 16.5. The van der Waals surface area contributed by atoms with E-state index in [1.54, 1.807) is 6.08 Å². The minimum Gasteiger partial charge on any atom is -0.458 e. The molecule has 0 spiro atoms. The van der Waals surface area contributed by atoms with Crippen molar-refractivity contribution in [2.75, 3.05) is 13.2 Å². The molecule has 0 saturated heterocycles. The van der Waals surface area contributed by atoms with Crippen molar-refractivity contribution in [3.05, 3.63) is 36.0 Å². The van der Waals surface area contributed by atoms with Crippen LogP contribution in [-0.4, -0.2) is 35.5 Å². The summed E-state index contributed by atoms with van der Waals surface area (Å²) in [5, 5.41) is 20.5. The molecular weight excluding hydrogens is 304 g/mol. The first-order valence-electron chi connectivity index (χ1n) is 8.85. The minimum absolute atomic E-state index is 0.00515. The van der Waals surface area contributed by atoms with Crippen molar-refractivity contribution >= 4 is 5.97 Å². The highest BCUT2D eigenvalue weighted by molar-refractivity contribution is 5.93. The van der Waals surface area contributed by atoms with E-state index in [1.165, 1.54) is 5.57 Å². The number of aliphatic hydroxyl groups is 2. The van der Waals surface area contributed by atoms with Gasteiger partial charge in [-0.1, -0.05) is 38.2 Å². The second-order valence-corrected chi connectivity index (χ2v) is 8.07. The molecule has 2 aliphatic carbocycles. The van der Waals surface area contributed by atoms with Gasteiger partial charge in [0.05, 0.1) is 18.3 Å². The predicted octanol–water partition coefficient (Wildman–Crippen LogP) is 2.77. The zero-order valence-corrected chi connectivity index (χ0v) is 14.6. The molecule has 1 heterocycles. The lowest BCUT2D eigenvalue weighted by molar-refractivity contribution is -0.145. The Morgan fingerprint density at radius 3 is 2.79 bits per heavy atom. The zero-order chi connectivity index (χ0) is 17.5. The second kappa shape index (κ2) is 6.16. The maximum Gasteiger partial charge on any atom is 0.338 e. The molecule has 0 radical (unpaired) electrons. The molecule has 24 heavy (non-hydrogen) atoms. The molecule has 0 amide bonds. The molecule has 2 saturated carbocycles. The van der Waals surface area contributed by atoms with E-state index in [1.807, 2.05) is 13.0 Å². The Morgan fingerprint density at radius 2 is 2.17 bits per heavy atom. The van der Waals surface area contributed by atoms with Crippen LogP contribution in [0.5, 0.6) is 0 Å². The molecule has 3 aliphatic rings. The third-order valence-corrected chi connectivity index (χ3v) is 6.78. The van der Waals surface area contributed by atoms with Crippen LogP contribution in [0.1, 0.15) is 39.5 Å². The van der Waals surface area contributed by atoms with Gasteiger partial charge in [-0.15, -0.1) is 0 Å². The summed E-state index contributed by atoms with van der Waals surface area (Å²) in [6.45, 7) is 8.87. The maximum atomic E-state index is 11.7. The van der Waals surface area contributed by atoms with E-state index in [0.29, 0.717) is 18.6 Å². The normalized spacial score (nSPS) is 42.8. The number of rotatable bonds is 3. The summed E-state index contributed by atoms with van der Waals surface area (Å²) in [7, 11) is 0. The van der Waals surface area contributed by atoms with Crippen LogP contribution < -0.4 is 0 Å². The van der Waals surface area contributed by atoms with Crippen molar-refractivity contribution in [3.63, 3.8) is 0 Å². The molecule has 3 rings (SSSR count). The second-order valence-electron chi connectivity index (χ2n) is 8.07. The number of fused-ring (bicyclic) bond motifs is 1. The van der Waals surface area contributed by atoms with Gasteiger partial charge in [0, 0.05) is 11.3 Å². The van der Waals surface area contributed by atoms with Crippen LogP contribution in [0, 0.1) is 22.7 Å². The third kappa shape index (κ3) is 2.56. The van der Waals surface area contributed by atoms with Gasteiger partial charge in [-0.25, -0.2) is 4.79 Å². The summed E-state index contributed by atoms with van der Waals surface area (Å²) in [5.41, 5.74) is 1.24. The van der Waals surface area contributed by atoms with Crippen molar-refractivity contribution in [3.8, 4) is 0 Å². The van der Waals surface area contributed by atoms with Crippen molar-refractivity contribution in [1.29, 1.82) is 0 Å². The van der Waals surface area contributed by atoms with Gasteiger partial charge in [-0.05, 0) is 43.1 Å². The molecule has 1 aliphatic heterocycles. The average molecular weight is 332 g/mol. The molecule has 0 aromatic heterocycles. The molecule has 4 nitrogen and oxygen atoms in total. The topological polar surface area (TPSA) is 66.8 Å². The average Bonchev–Trinajstić information content (AvgIpc) is 2.96. The summed E-state index contributed by atoms with van der Waals surface area (Å²) < 4.78 is 4.96. The van der Waals surface area contributed by atoms with Gasteiger partial charge >= 0.3 is 5.97 Å². The van der Waals surface area contributed by atoms with Crippen LogP contribution in [0.3, 0.4) is 0 Å². The molecule has 0 aromatic carbocycles. The van der Waals surface area contributed by atoms with Crippen LogP contribution in [0.15, 0.2) is 36.0 Å². The van der Waals surface area contributed by atoms with E-state index >= 15 is 0 Å². The number of ether oxygens (including phenoxy) is 1. The molecule has 0 aromatic rings. The SMILES string of the molecule is C=C1CC[C@@H]2[C@](C)(CO)[C@H](O)CC[C@@]2(C)[C@H]1/C=C/C1=CCOC1=O. The first-order chi connectivity index (χ1) is 11.3. The summed E-state index contributed by atoms with van der Waals surface area (Å²) in [5.74, 6) is 0.0981. The molecule has 132 valence electrons. The summed E-state index contributed by atoms with van der Waals surface area (Å²) in [4.78, 5) is 11.7. The van der Waals surface area contributed by atoms with E-state index < -0.39 is 11.5 Å². The maximum absolute atomic E-state index is 11.7. The molecule has 2 fully saturated rings. The molecule has 0 unspecified atom stereocenters. The summed E-state index contributed by atoms with van der Waals surface area (Å²) in [6, 6.07) is 0. The third-order valence-electron chi connectivity index (χ3n) is 6.78. The molecular formula is C20H28O4. The fraction of sp³-hybridized carbons (Fsp3) is 0.650. The quantitative estimate of drug-likeness (QED) is 0.616. The van der Waals surface area contributed by atoms with E-state index in [2.05, 4.69) is 19.6 Å². The highest BCUT2D eigenvalue weighted by Crippen LogP contribution is 2.61. The molecule has 0 bridgehead atoms. The molecule has 4 heteroatoms. The van der Waals surface area contributed by atoms with E-state index in [-0.39, 0.29) is 29.8 Å². The number of hydrogen-bond acceptors (Lipinski definition) is 4. The predicted molar refractivity (Wildman–Crippen MR) is 92.1 cm³/mol. The van der Waals surface area contributed by atoms with Crippen molar-refractivity contribution < 1.29 is 19.7 Å². The first-order valence-corrected chi connectivity index (χ1v) is 8.85. The van der Waals surface area contributed by atoms with Gasteiger partial charge in [-0.2, -0.15) is 0 Å². The lowest BCUT2D eigenvalue weighted by Crippen LogP contribution is -2.57. The standard InChI is InChI=1S/C20H28O4/c1-13-4-7-16-19(2,10-8-17(22)20(16,3)12-21)15(13)6-5-14-9-11-24-18(14)23/h5-6,9,15-17,21-22H,1,4,7-8,10-12H2,2-3H3/b6-5+/t15-,16-,17+,19-,20-/m0/s1. The van der Waals surface area contributed by atoms with Crippen molar-refractivity contribution in [2.24, 2.45) is 22.7 Å². The number of aliphatic hydroxyl groups excluding tert-OH is 2. The smallest absolute Gasteiger partial charge is 0.338 e. The van der Waals surface area contributed by atoms with Gasteiger partial charge in [0.1, 0.15) is 6.61 Å². The van der Waals surface area contributed by atoms with Crippen LogP contribution in [0.25, 0.3) is 0 Å². The number of esters is 1. The largest absolute Gasteiger partial charge is 0.458 e. The Kier molecular flexibility index (Phi) is 4.47. The lowest BCUT2D eigenvalue weighted by atomic mass is 9.46. The Labute approximate surface area is 143 Å². The number of cyclic esters (lactones) is 1. The fourth-order valence-corrected chi connectivity index (χ4v) is 5.20. The molecule has 5 atom stereocenters. The van der Waals surface area contributed by atoms with E-state index in [9.17, 15) is 15.0 Å². The monoisotopic (exact) mass is 332 g/mol. The van der Waals surface area contributed by atoms with Gasteiger partial charge in [0.15, 0.2) is 0 Å². The van der Waals surface area contributed by atoms with E-state index in [0.717, 1.165) is 19.3 Å². The Morgan fingerprint density at radius 1 is 1.42 bits per heavy atom. The van der Waals surface area contributed by atoms with Gasteiger partial charge in [0.2, 0.25) is 0 Å². The zero-order valence-electron chi connectivity index (χ0n) is 14.6. The van der Waals surface area contributed by atoms with Crippen LogP contribution >= 0.6 is 0 Å². The number of carbonyl (C=O) groups excluding carboxylic acids is 1. The van der Waals surface area contributed by atoms with Gasteiger partial charge in [0.25, 0.3) is 0 Å². The number of carbonyl (C=O) groups is 1. The van der Waals surface area contributed by atoms with Crippen molar-refractivity contribution in [2.45, 2.75) is 45.6 Å².